The van der Waals surface area contributed by atoms with Gasteiger partial charge >= 0.3 is 10.2 Å². The first-order chi connectivity index (χ1) is 14.1. The maximum Gasteiger partial charge on any atom is 0.332 e. The van der Waals surface area contributed by atoms with E-state index < -0.39 is 45.8 Å². The van der Waals surface area contributed by atoms with Crippen LogP contribution in [0.4, 0.5) is 9.70 Å². The lowest BCUT2D eigenvalue weighted by Gasteiger charge is -2.30. The first-order valence-corrected chi connectivity index (χ1v) is 10.1. The van der Waals surface area contributed by atoms with Gasteiger partial charge in [-0.05, 0) is 0 Å². The van der Waals surface area contributed by atoms with E-state index >= 15 is 0 Å². The molecule has 13 heteroatoms. The van der Waals surface area contributed by atoms with Crippen LogP contribution in [0.2, 0.25) is 0 Å². The number of hydrogen-bond acceptors (Lipinski definition) is 10. The first-order valence-electron chi connectivity index (χ1n) is 8.66. The summed E-state index contributed by atoms with van der Waals surface area (Å²) in [4.78, 5) is 25.4. The molecule has 1 aliphatic rings. The molecule has 1 aromatic carbocycles. The van der Waals surface area contributed by atoms with E-state index in [9.17, 15) is 27.3 Å². The fourth-order valence-corrected chi connectivity index (χ4v) is 4.06. The van der Waals surface area contributed by atoms with Gasteiger partial charge in [0.2, 0.25) is 16.9 Å². The van der Waals surface area contributed by atoms with Crippen molar-refractivity contribution in [1.82, 2.24) is 19.5 Å². The molecule has 1 saturated heterocycles. The molecule has 1 unspecified atom stereocenters. The number of hydrogen-bond donors (Lipinski definition) is 3. The number of aliphatic hydroxyl groups is 2. The SMILES string of the molecule is Nc1ncnc2c1ncn2[C@@]1(C(=O)c2ccccc2)C[C@H](O)[C@@H](C(O)S(=O)(=O)F)O1. The number of nitrogen functional groups attached to an aromatic ring is 1. The molecule has 3 heterocycles. The molecule has 0 spiro atoms. The number of rotatable bonds is 5. The highest BCUT2D eigenvalue weighted by Crippen LogP contribution is 2.41. The number of ketones is 1. The Morgan fingerprint density at radius 3 is 2.67 bits per heavy atom. The molecule has 1 aliphatic heterocycles. The Labute approximate surface area is 169 Å². The van der Waals surface area contributed by atoms with Crippen molar-refractivity contribution in [3.8, 4) is 0 Å². The van der Waals surface area contributed by atoms with Crippen LogP contribution in [0.3, 0.4) is 0 Å². The van der Waals surface area contributed by atoms with Crippen LogP contribution in [0.25, 0.3) is 11.2 Å². The zero-order valence-corrected chi connectivity index (χ0v) is 16.0. The number of halogens is 1. The molecular weight excluding hydrogens is 421 g/mol. The van der Waals surface area contributed by atoms with Crippen molar-refractivity contribution in [2.45, 2.75) is 29.8 Å². The standard InChI is InChI=1S/C17H16FN5O6S/c18-30(27,28)16(26)12-10(24)6-17(29-12,13(25)9-4-2-1-3-5-9)23-8-22-11-14(19)20-7-21-15(11)23/h1-5,7-8,10,12,16,24,26H,6H2,(H2,19,20,21)/t10-,12-,16?,17-/m0/s1. The normalized spacial score (nSPS) is 25.4. The molecule has 1 fully saturated rings. The number of carbonyl (C=O) groups excluding carboxylic acids is 1. The number of carbonyl (C=O) groups is 1. The molecule has 0 radical (unpaired) electrons. The minimum absolute atomic E-state index is 0.0162. The summed E-state index contributed by atoms with van der Waals surface area (Å²) in [6, 6.07) is 7.83. The maximum atomic E-state index is 13.5. The number of fused-ring (bicyclic) bond motifs is 1. The second-order valence-electron chi connectivity index (χ2n) is 6.75. The van der Waals surface area contributed by atoms with Gasteiger partial charge in [-0.2, -0.15) is 8.42 Å². The van der Waals surface area contributed by atoms with Gasteiger partial charge in [0.05, 0.1) is 12.4 Å². The highest BCUT2D eigenvalue weighted by atomic mass is 32.3. The third-order valence-electron chi connectivity index (χ3n) is 4.91. The Hall–Kier alpha value is -3.00. The van der Waals surface area contributed by atoms with E-state index in [0.717, 1.165) is 10.9 Å². The van der Waals surface area contributed by atoms with Crippen molar-refractivity contribution in [3.63, 3.8) is 0 Å². The fraction of sp³-hybridized carbons (Fsp3) is 0.294. The van der Waals surface area contributed by atoms with Gasteiger partial charge in [-0.1, -0.05) is 30.3 Å². The monoisotopic (exact) mass is 437 g/mol. The average Bonchev–Trinajstić information content (AvgIpc) is 3.30. The topological polar surface area (TPSA) is 171 Å². The second-order valence-corrected chi connectivity index (χ2v) is 8.18. The quantitative estimate of drug-likeness (QED) is 0.356. The Morgan fingerprint density at radius 1 is 1.30 bits per heavy atom. The van der Waals surface area contributed by atoms with Gasteiger partial charge in [-0.15, -0.1) is 3.89 Å². The molecular formula is C17H16FN5O6S. The summed E-state index contributed by atoms with van der Waals surface area (Å²) in [6.45, 7) is 0. The molecule has 11 nitrogen and oxygen atoms in total. The predicted octanol–water partition coefficient (Wildman–Crippen LogP) is -0.288. The highest BCUT2D eigenvalue weighted by molar-refractivity contribution is 7.86. The summed E-state index contributed by atoms with van der Waals surface area (Å²) in [5.74, 6) is -0.674. The van der Waals surface area contributed by atoms with Crippen LogP contribution in [0.15, 0.2) is 43.0 Å². The first kappa shape index (κ1) is 20.3. The van der Waals surface area contributed by atoms with Gasteiger partial charge in [-0.25, -0.2) is 15.0 Å². The van der Waals surface area contributed by atoms with Gasteiger partial charge in [0.1, 0.15) is 17.9 Å². The van der Waals surface area contributed by atoms with E-state index in [-0.39, 0.29) is 22.5 Å². The van der Waals surface area contributed by atoms with E-state index in [1.807, 2.05) is 0 Å². The number of nitrogens with two attached hydrogens (primary N) is 1. The van der Waals surface area contributed by atoms with Crippen LogP contribution in [-0.4, -0.2) is 61.6 Å². The van der Waals surface area contributed by atoms with Crippen LogP contribution in [-0.2, 0) is 20.7 Å². The molecule has 0 amide bonds. The molecule has 30 heavy (non-hydrogen) atoms. The summed E-state index contributed by atoms with van der Waals surface area (Å²) in [6.07, 6.45) is -1.85. The van der Waals surface area contributed by atoms with E-state index in [2.05, 4.69) is 15.0 Å². The summed E-state index contributed by atoms with van der Waals surface area (Å²) in [7, 11) is -5.49. The van der Waals surface area contributed by atoms with Crippen LogP contribution in [0, 0.1) is 0 Å². The zero-order valence-electron chi connectivity index (χ0n) is 15.2. The molecule has 4 atom stereocenters. The van der Waals surface area contributed by atoms with Crippen LogP contribution in [0.1, 0.15) is 16.8 Å². The zero-order chi connectivity index (χ0) is 21.7. The third kappa shape index (κ3) is 3.11. The van der Waals surface area contributed by atoms with E-state index in [1.165, 1.54) is 18.5 Å². The number of aliphatic hydroxyl groups excluding tert-OH is 2. The smallest absolute Gasteiger partial charge is 0.332 e. The van der Waals surface area contributed by atoms with E-state index in [1.54, 1.807) is 18.2 Å². The number of aromatic nitrogens is 4. The molecule has 3 aromatic rings. The van der Waals surface area contributed by atoms with Crippen molar-refractivity contribution in [2.75, 3.05) is 5.73 Å². The molecule has 158 valence electrons. The van der Waals surface area contributed by atoms with E-state index in [4.69, 9.17) is 10.5 Å². The second kappa shape index (κ2) is 7.05. The van der Waals surface area contributed by atoms with Gasteiger partial charge in [0.25, 0.3) is 0 Å². The van der Waals surface area contributed by atoms with Crippen molar-refractivity contribution < 1.29 is 32.0 Å². The Morgan fingerprint density at radius 2 is 2.00 bits per heavy atom. The molecule has 0 bridgehead atoms. The number of nitrogens with zero attached hydrogens (tertiary/aromatic N) is 4. The summed E-state index contributed by atoms with van der Waals surface area (Å²) in [5.41, 5.74) is 1.37. The third-order valence-corrected chi connectivity index (χ3v) is 5.75. The minimum Gasteiger partial charge on any atom is -0.390 e. The highest BCUT2D eigenvalue weighted by Gasteiger charge is 2.57. The number of Topliss-reactive ketones (excluding diaryl/α,β-unsaturated/α-hetero) is 1. The van der Waals surface area contributed by atoms with Gasteiger partial charge < -0.3 is 20.7 Å². The number of imidazole rings is 1. The Bertz CT molecular complexity index is 1220. The molecule has 4 N–H and O–H groups in total. The van der Waals surface area contributed by atoms with Crippen LogP contribution >= 0.6 is 0 Å². The Kier molecular flexibility index (Phi) is 4.77. The molecule has 2 aromatic heterocycles. The molecule has 0 saturated carbocycles. The van der Waals surface area contributed by atoms with Crippen LogP contribution in [0.5, 0.6) is 0 Å². The van der Waals surface area contributed by atoms with Gasteiger partial charge in [0.15, 0.2) is 11.5 Å². The number of benzene rings is 1. The summed E-state index contributed by atoms with van der Waals surface area (Å²) in [5, 5.41) is 20.3. The maximum absolute atomic E-state index is 13.5. The lowest BCUT2D eigenvalue weighted by Crippen LogP contribution is -2.44. The van der Waals surface area contributed by atoms with Crippen molar-refractivity contribution in [3.05, 3.63) is 48.5 Å². The summed E-state index contributed by atoms with van der Waals surface area (Å²) >= 11 is 0. The lowest BCUT2D eigenvalue weighted by molar-refractivity contribution is -0.0993. The van der Waals surface area contributed by atoms with E-state index in [0.29, 0.717) is 0 Å². The van der Waals surface area contributed by atoms with Crippen molar-refractivity contribution >= 4 is 33.0 Å². The number of ether oxygens (including phenoxy) is 1. The van der Waals surface area contributed by atoms with Gasteiger partial charge in [0, 0.05) is 12.0 Å². The lowest BCUT2D eigenvalue weighted by atomic mass is 9.96. The molecule has 0 aliphatic carbocycles. The molecule has 4 rings (SSSR count). The minimum atomic E-state index is -5.49. The number of anilines is 1. The van der Waals surface area contributed by atoms with Crippen molar-refractivity contribution in [2.24, 2.45) is 0 Å². The summed E-state index contributed by atoms with van der Waals surface area (Å²) < 4.78 is 42.6. The van der Waals surface area contributed by atoms with Crippen molar-refractivity contribution in [1.29, 1.82) is 0 Å². The van der Waals surface area contributed by atoms with Crippen LogP contribution < -0.4 is 5.73 Å². The fourth-order valence-electron chi connectivity index (χ4n) is 3.50. The largest absolute Gasteiger partial charge is 0.390 e. The van der Waals surface area contributed by atoms with Gasteiger partial charge in [-0.3, -0.25) is 9.36 Å². The average molecular weight is 437 g/mol. The predicted molar refractivity (Wildman–Crippen MR) is 100 cm³/mol. The Balaban J connectivity index is 1.91.